The highest BCUT2D eigenvalue weighted by Crippen LogP contribution is 2.02. The Labute approximate surface area is 70.0 Å². The lowest BCUT2D eigenvalue weighted by Gasteiger charge is -2.21. The van der Waals surface area contributed by atoms with E-state index in [-0.39, 0.29) is 12.4 Å². The highest BCUT2D eigenvalue weighted by Gasteiger charge is 2.27. The van der Waals surface area contributed by atoms with Crippen molar-refractivity contribution in [2.75, 3.05) is 0 Å². The van der Waals surface area contributed by atoms with E-state index in [1.54, 1.807) is 0 Å². The number of aliphatic hydroxyl groups is 4. The SMILES string of the molecule is C[C@H](O)[C@H](O)[C@@H](O)[C@@H](O)C=O.N. The summed E-state index contributed by atoms with van der Waals surface area (Å²) in [6.45, 7) is 1.24. The molecule has 12 heavy (non-hydrogen) atoms. The van der Waals surface area contributed by atoms with Crippen LogP contribution in [0.5, 0.6) is 0 Å². The molecule has 0 saturated carbocycles. The normalized spacial score (nSPS) is 20.1. The van der Waals surface area contributed by atoms with Gasteiger partial charge in [0.05, 0.1) is 6.10 Å². The van der Waals surface area contributed by atoms with Gasteiger partial charge < -0.3 is 31.4 Å². The summed E-state index contributed by atoms with van der Waals surface area (Å²) in [5.41, 5.74) is 0. The second-order valence-corrected chi connectivity index (χ2v) is 2.35. The van der Waals surface area contributed by atoms with Gasteiger partial charge in [0, 0.05) is 0 Å². The van der Waals surface area contributed by atoms with Gasteiger partial charge in [0.15, 0.2) is 6.29 Å². The zero-order valence-electron chi connectivity index (χ0n) is 6.79. The molecule has 0 unspecified atom stereocenters. The smallest absolute Gasteiger partial charge is 0.151 e. The monoisotopic (exact) mass is 181 g/mol. The Morgan fingerprint density at radius 2 is 1.50 bits per heavy atom. The molecule has 0 spiro atoms. The van der Waals surface area contributed by atoms with Crippen LogP contribution in [0.4, 0.5) is 0 Å². The van der Waals surface area contributed by atoms with Crippen molar-refractivity contribution >= 4 is 6.29 Å². The van der Waals surface area contributed by atoms with E-state index >= 15 is 0 Å². The van der Waals surface area contributed by atoms with Gasteiger partial charge in [-0.25, -0.2) is 0 Å². The largest absolute Gasteiger partial charge is 0.391 e. The molecule has 0 radical (unpaired) electrons. The van der Waals surface area contributed by atoms with Crippen LogP contribution in [-0.4, -0.2) is 51.1 Å². The topological polar surface area (TPSA) is 133 Å². The van der Waals surface area contributed by atoms with Crippen LogP contribution < -0.4 is 6.15 Å². The van der Waals surface area contributed by atoms with E-state index in [4.69, 9.17) is 20.4 Å². The number of hydrogen-bond acceptors (Lipinski definition) is 6. The predicted molar refractivity (Wildman–Crippen MR) is 40.8 cm³/mol. The Kier molecular flexibility index (Phi) is 7.05. The van der Waals surface area contributed by atoms with Crippen LogP contribution in [0.3, 0.4) is 0 Å². The van der Waals surface area contributed by atoms with Crippen molar-refractivity contribution in [2.24, 2.45) is 0 Å². The zero-order chi connectivity index (χ0) is 9.02. The maximum Gasteiger partial charge on any atom is 0.151 e. The number of aldehydes is 1. The van der Waals surface area contributed by atoms with E-state index in [2.05, 4.69) is 0 Å². The van der Waals surface area contributed by atoms with Gasteiger partial charge in [-0.15, -0.1) is 0 Å². The van der Waals surface area contributed by atoms with Crippen LogP contribution >= 0.6 is 0 Å². The summed E-state index contributed by atoms with van der Waals surface area (Å²) in [5, 5.41) is 35.1. The molecule has 74 valence electrons. The van der Waals surface area contributed by atoms with E-state index in [1.165, 1.54) is 6.92 Å². The van der Waals surface area contributed by atoms with Crippen molar-refractivity contribution in [3.63, 3.8) is 0 Å². The number of carbonyl (C=O) groups is 1. The third-order valence-electron chi connectivity index (χ3n) is 1.33. The van der Waals surface area contributed by atoms with Gasteiger partial charge in [-0.3, -0.25) is 0 Å². The van der Waals surface area contributed by atoms with Gasteiger partial charge in [-0.05, 0) is 6.92 Å². The van der Waals surface area contributed by atoms with Crippen LogP contribution in [-0.2, 0) is 4.79 Å². The van der Waals surface area contributed by atoms with Crippen LogP contribution in [0.1, 0.15) is 6.92 Å². The molecule has 4 atom stereocenters. The molecule has 0 heterocycles. The molecular formula is C6H15NO5. The van der Waals surface area contributed by atoms with Gasteiger partial charge in [-0.2, -0.15) is 0 Å². The van der Waals surface area contributed by atoms with Crippen molar-refractivity contribution in [3.8, 4) is 0 Å². The van der Waals surface area contributed by atoms with Gasteiger partial charge in [-0.1, -0.05) is 0 Å². The Morgan fingerprint density at radius 3 is 1.75 bits per heavy atom. The fourth-order valence-electron chi connectivity index (χ4n) is 0.568. The van der Waals surface area contributed by atoms with Gasteiger partial charge >= 0.3 is 0 Å². The lowest BCUT2D eigenvalue weighted by Crippen LogP contribution is -2.43. The van der Waals surface area contributed by atoms with Crippen LogP contribution in [0.25, 0.3) is 0 Å². The van der Waals surface area contributed by atoms with E-state index in [0.29, 0.717) is 0 Å². The molecule has 0 amide bonds. The Morgan fingerprint density at radius 1 is 1.08 bits per heavy atom. The first-order valence-electron chi connectivity index (χ1n) is 3.18. The van der Waals surface area contributed by atoms with E-state index in [9.17, 15) is 4.79 Å². The summed E-state index contributed by atoms with van der Waals surface area (Å²) in [6.07, 6.45) is -5.88. The minimum atomic E-state index is -1.65. The van der Waals surface area contributed by atoms with Crippen molar-refractivity contribution < 1.29 is 25.2 Å². The first-order valence-corrected chi connectivity index (χ1v) is 3.18. The quantitative estimate of drug-likeness (QED) is 0.313. The molecular weight excluding hydrogens is 166 g/mol. The maximum atomic E-state index is 9.87. The molecule has 6 nitrogen and oxygen atoms in total. The molecule has 0 bridgehead atoms. The molecule has 0 fully saturated rings. The molecule has 0 aromatic rings. The molecule has 0 aliphatic heterocycles. The highest BCUT2D eigenvalue weighted by molar-refractivity contribution is 5.56. The molecule has 0 aliphatic carbocycles. The summed E-state index contributed by atoms with van der Waals surface area (Å²) < 4.78 is 0. The number of carbonyl (C=O) groups excluding carboxylic acids is 1. The minimum Gasteiger partial charge on any atom is -0.391 e. The van der Waals surface area contributed by atoms with Crippen molar-refractivity contribution in [2.45, 2.75) is 31.3 Å². The van der Waals surface area contributed by atoms with Gasteiger partial charge in [0.1, 0.15) is 18.3 Å². The third kappa shape index (κ3) is 3.74. The second kappa shape index (κ2) is 6.04. The van der Waals surface area contributed by atoms with E-state index in [0.717, 1.165) is 0 Å². The number of aliphatic hydroxyl groups excluding tert-OH is 4. The van der Waals surface area contributed by atoms with Gasteiger partial charge in [0.2, 0.25) is 0 Å². The minimum absolute atomic E-state index is 0. The average Bonchev–Trinajstić information content (AvgIpc) is 2.00. The maximum absolute atomic E-state index is 9.87. The summed E-state index contributed by atoms with van der Waals surface area (Å²) >= 11 is 0. The summed E-state index contributed by atoms with van der Waals surface area (Å²) in [7, 11) is 0. The van der Waals surface area contributed by atoms with Crippen LogP contribution in [0.15, 0.2) is 0 Å². The molecule has 0 rings (SSSR count). The highest BCUT2D eigenvalue weighted by atomic mass is 16.4. The Hall–Kier alpha value is -0.530. The number of hydrogen-bond donors (Lipinski definition) is 5. The van der Waals surface area contributed by atoms with Crippen molar-refractivity contribution in [1.29, 1.82) is 0 Å². The lowest BCUT2D eigenvalue weighted by molar-refractivity contribution is -0.132. The van der Waals surface area contributed by atoms with Gasteiger partial charge in [0.25, 0.3) is 0 Å². The number of rotatable bonds is 4. The molecule has 7 N–H and O–H groups in total. The Balaban J connectivity index is 0. The standard InChI is InChI=1S/C6H12O5.H3N/c1-3(8)5(10)6(11)4(9)2-7;/h2-6,8-11H,1H3;1H3/t3-,4-,5-,6-;/m0./s1. The Bertz CT molecular complexity index is 129. The summed E-state index contributed by atoms with van der Waals surface area (Å²) in [4.78, 5) is 9.87. The second-order valence-electron chi connectivity index (χ2n) is 2.35. The molecule has 0 aliphatic rings. The zero-order valence-corrected chi connectivity index (χ0v) is 6.79. The fraction of sp³-hybridized carbons (Fsp3) is 0.833. The van der Waals surface area contributed by atoms with E-state index in [1.807, 2.05) is 0 Å². The first-order chi connectivity index (χ1) is 5.00. The fourth-order valence-corrected chi connectivity index (χ4v) is 0.568. The molecule has 0 aromatic carbocycles. The van der Waals surface area contributed by atoms with Crippen molar-refractivity contribution in [3.05, 3.63) is 0 Å². The van der Waals surface area contributed by atoms with E-state index < -0.39 is 24.4 Å². The average molecular weight is 181 g/mol. The van der Waals surface area contributed by atoms with Crippen LogP contribution in [0, 0.1) is 0 Å². The molecule has 6 heteroatoms. The van der Waals surface area contributed by atoms with Crippen LogP contribution in [0.2, 0.25) is 0 Å². The summed E-state index contributed by atoms with van der Waals surface area (Å²) in [5.74, 6) is 0. The third-order valence-corrected chi connectivity index (χ3v) is 1.33. The molecule has 0 saturated heterocycles. The van der Waals surface area contributed by atoms with Crippen molar-refractivity contribution in [1.82, 2.24) is 6.15 Å². The first kappa shape index (κ1) is 14.0. The summed E-state index contributed by atoms with van der Waals surface area (Å²) in [6, 6.07) is 0. The lowest BCUT2D eigenvalue weighted by atomic mass is 10.1. The predicted octanol–water partition coefficient (Wildman–Crippen LogP) is -2.19. The molecule has 0 aromatic heterocycles.